The highest BCUT2D eigenvalue weighted by atomic mass is 16.6. The Morgan fingerprint density at radius 3 is 2.20 bits per heavy atom. The fraction of sp³-hybridized carbons (Fsp3) is 0.212. The zero-order chi connectivity index (χ0) is 28.3. The minimum atomic E-state index is -0.698. The van der Waals surface area contributed by atoms with E-state index < -0.39 is 12.0 Å². The van der Waals surface area contributed by atoms with Crippen molar-refractivity contribution in [2.75, 3.05) is 32.3 Å². The molecule has 0 bridgehead atoms. The maximum absolute atomic E-state index is 14.1. The SMILES string of the molecule is COc1ccc([C@@H]2[C@H](C(=O)NC[C@H]3COc4ccccc4O3)c3ccccc3C(=O)N2c2ccc(OC)cc2)cc1. The Labute approximate surface area is 238 Å². The van der Waals surface area contributed by atoms with Gasteiger partial charge in [-0.25, -0.2) is 0 Å². The average Bonchev–Trinajstić information content (AvgIpc) is 3.03. The van der Waals surface area contributed by atoms with Gasteiger partial charge in [0.05, 0.1) is 32.7 Å². The van der Waals surface area contributed by atoms with Crippen LogP contribution in [0, 0.1) is 0 Å². The summed E-state index contributed by atoms with van der Waals surface area (Å²) in [6.07, 6.45) is -0.355. The van der Waals surface area contributed by atoms with E-state index in [4.69, 9.17) is 18.9 Å². The molecular weight excluding hydrogens is 520 g/mol. The lowest BCUT2D eigenvalue weighted by Crippen LogP contribution is -2.49. The summed E-state index contributed by atoms with van der Waals surface area (Å²) in [6.45, 7) is 0.564. The van der Waals surface area contributed by atoms with Crippen LogP contribution in [0.1, 0.15) is 33.4 Å². The number of para-hydroxylation sites is 2. The Kier molecular flexibility index (Phi) is 7.20. The van der Waals surface area contributed by atoms with Crippen LogP contribution in [-0.4, -0.2) is 45.3 Å². The van der Waals surface area contributed by atoms with Crippen molar-refractivity contribution < 1.29 is 28.5 Å². The standard InChI is InChI=1S/C33H30N2O6/c1-38-23-15-11-21(12-16-23)31-30(32(36)34-19-25-20-40-28-9-5-6-10-29(28)41-25)26-7-3-4-8-27(26)33(37)35(31)22-13-17-24(39-2)18-14-22/h3-18,25,30-31H,19-20H2,1-2H3,(H,34,36)/t25-,30+,31+/m0/s1. The normalized spacial score (nSPS) is 19.2. The van der Waals surface area contributed by atoms with E-state index in [0.717, 1.165) is 5.56 Å². The molecule has 1 N–H and O–H groups in total. The van der Waals surface area contributed by atoms with Gasteiger partial charge in [-0.3, -0.25) is 14.5 Å². The number of fused-ring (bicyclic) bond motifs is 2. The molecule has 6 rings (SSSR count). The highest BCUT2D eigenvalue weighted by Crippen LogP contribution is 2.45. The Bertz CT molecular complexity index is 1550. The first-order valence-corrected chi connectivity index (χ1v) is 13.4. The average molecular weight is 551 g/mol. The molecule has 2 aliphatic rings. The zero-order valence-electron chi connectivity index (χ0n) is 22.8. The number of nitrogens with zero attached hydrogens (tertiary/aromatic N) is 1. The Balaban J connectivity index is 1.38. The molecule has 8 nitrogen and oxygen atoms in total. The van der Waals surface area contributed by atoms with Crippen LogP contribution in [0.4, 0.5) is 5.69 Å². The van der Waals surface area contributed by atoms with Crippen molar-refractivity contribution in [3.8, 4) is 23.0 Å². The summed E-state index contributed by atoms with van der Waals surface area (Å²) < 4.78 is 22.6. The monoisotopic (exact) mass is 550 g/mol. The van der Waals surface area contributed by atoms with Crippen molar-refractivity contribution in [3.63, 3.8) is 0 Å². The second-order valence-corrected chi connectivity index (χ2v) is 9.90. The number of carbonyl (C=O) groups excluding carboxylic acids is 2. The highest BCUT2D eigenvalue weighted by Gasteiger charge is 2.45. The molecule has 0 radical (unpaired) electrons. The first-order valence-electron chi connectivity index (χ1n) is 13.4. The van der Waals surface area contributed by atoms with E-state index in [2.05, 4.69) is 5.32 Å². The van der Waals surface area contributed by atoms with Gasteiger partial charge in [0.15, 0.2) is 11.5 Å². The minimum absolute atomic E-state index is 0.184. The number of carbonyl (C=O) groups is 2. The molecule has 0 aliphatic carbocycles. The highest BCUT2D eigenvalue weighted by molar-refractivity contribution is 6.11. The van der Waals surface area contributed by atoms with Gasteiger partial charge < -0.3 is 24.3 Å². The third kappa shape index (κ3) is 5.04. The van der Waals surface area contributed by atoms with Crippen LogP contribution in [0.5, 0.6) is 23.0 Å². The second kappa shape index (κ2) is 11.3. The molecular formula is C33H30N2O6. The van der Waals surface area contributed by atoms with Gasteiger partial charge in [-0.05, 0) is 65.7 Å². The number of methoxy groups -OCH3 is 2. The number of nitrogens with one attached hydrogen (secondary N) is 1. The Morgan fingerprint density at radius 1 is 0.854 bits per heavy atom. The summed E-state index contributed by atoms with van der Waals surface area (Å²) in [5, 5.41) is 3.09. The molecule has 3 atom stereocenters. The third-order valence-corrected chi connectivity index (χ3v) is 7.50. The molecule has 0 spiro atoms. The van der Waals surface area contributed by atoms with Crippen molar-refractivity contribution in [1.29, 1.82) is 0 Å². The number of hydrogen-bond donors (Lipinski definition) is 1. The number of amides is 2. The van der Waals surface area contributed by atoms with E-state index in [1.807, 2.05) is 91.0 Å². The largest absolute Gasteiger partial charge is 0.497 e. The van der Waals surface area contributed by atoms with Crippen LogP contribution in [0.3, 0.4) is 0 Å². The van der Waals surface area contributed by atoms with E-state index in [1.54, 1.807) is 25.2 Å². The molecule has 2 amide bonds. The van der Waals surface area contributed by atoms with Gasteiger partial charge in [0.25, 0.3) is 5.91 Å². The van der Waals surface area contributed by atoms with E-state index in [9.17, 15) is 9.59 Å². The van der Waals surface area contributed by atoms with E-state index in [1.165, 1.54) is 0 Å². The number of benzene rings is 4. The summed E-state index contributed by atoms with van der Waals surface area (Å²) >= 11 is 0. The van der Waals surface area contributed by atoms with Crippen molar-refractivity contribution in [1.82, 2.24) is 5.32 Å². The number of rotatable bonds is 7. The second-order valence-electron chi connectivity index (χ2n) is 9.90. The third-order valence-electron chi connectivity index (χ3n) is 7.50. The fourth-order valence-electron chi connectivity index (χ4n) is 5.47. The molecule has 0 saturated heterocycles. The van der Waals surface area contributed by atoms with E-state index in [0.29, 0.717) is 46.4 Å². The summed E-state index contributed by atoms with van der Waals surface area (Å²) in [5.41, 5.74) is 2.62. The summed E-state index contributed by atoms with van der Waals surface area (Å²) in [5.74, 6) is 1.59. The number of hydrogen-bond acceptors (Lipinski definition) is 6. The maximum atomic E-state index is 14.1. The van der Waals surface area contributed by atoms with Crippen LogP contribution in [-0.2, 0) is 4.79 Å². The molecule has 208 valence electrons. The molecule has 0 saturated carbocycles. The van der Waals surface area contributed by atoms with Crippen molar-refractivity contribution in [3.05, 3.63) is 114 Å². The zero-order valence-corrected chi connectivity index (χ0v) is 22.8. The quantitative estimate of drug-likeness (QED) is 0.343. The molecule has 4 aromatic carbocycles. The van der Waals surface area contributed by atoms with Gasteiger partial charge in [0, 0.05) is 11.3 Å². The van der Waals surface area contributed by atoms with Crippen molar-refractivity contribution >= 4 is 17.5 Å². The van der Waals surface area contributed by atoms with E-state index in [-0.39, 0.29) is 24.5 Å². The Hall–Kier alpha value is -4.98. The van der Waals surface area contributed by atoms with Crippen LogP contribution >= 0.6 is 0 Å². The first-order chi connectivity index (χ1) is 20.1. The Morgan fingerprint density at radius 2 is 1.49 bits per heavy atom. The van der Waals surface area contributed by atoms with E-state index >= 15 is 0 Å². The van der Waals surface area contributed by atoms with Crippen molar-refractivity contribution in [2.24, 2.45) is 0 Å². The molecule has 0 unspecified atom stereocenters. The summed E-state index contributed by atoms with van der Waals surface area (Å²) in [7, 11) is 3.20. The molecule has 0 fully saturated rings. The lowest BCUT2D eigenvalue weighted by Gasteiger charge is -2.42. The molecule has 4 aromatic rings. The summed E-state index contributed by atoms with van der Waals surface area (Å²) in [4.78, 5) is 29.9. The molecule has 0 aromatic heterocycles. The number of anilines is 1. The predicted octanol–water partition coefficient (Wildman–Crippen LogP) is 5.15. The van der Waals surface area contributed by atoms with Gasteiger partial charge in [-0.15, -0.1) is 0 Å². The van der Waals surface area contributed by atoms with Crippen LogP contribution < -0.4 is 29.2 Å². The van der Waals surface area contributed by atoms with Crippen LogP contribution in [0.15, 0.2) is 97.1 Å². The fourth-order valence-corrected chi connectivity index (χ4v) is 5.47. The molecule has 2 aliphatic heterocycles. The molecule has 8 heteroatoms. The lowest BCUT2D eigenvalue weighted by atomic mass is 9.78. The number of ether oxygens (including phenoxy) is 4. The van der Waals surface area contributed by atoms with Gasteiger partial charge in [0.2, 0.25) is 5.91 Å². The van der Waals surface area contributed by atoms with Gasteiger partial charge in [-0.1, -0.05) is 42.5 Å². The van der Waals surface area contributed by atoms with Crippen LogP contribution in [0.25, 0.3) is 0 Å². The van der Waals surface area contributed by atoms with Gasteiger partial charge in [-0.2, -0.15) is 0 Å². The smallest absolute Gasteiger partial charge is 0.259 e. The topological polar surface area (TPSA) is 86.3 Å². The van der Waals surface area contributed by atoms with Gasteiger partial charge in [0.1, 0.15) is 24.2 Å². The van der Waals surface area contributed by atoms with Gasteiger partial charge >= 0.3 is 0 Å². The first kappa shape index (κ1) is 26.3. The van der Waals surface area contributed by atoms with Crippen LogP contribution in [0.2, 0.25) is 0 Å². The molecule has 41 heavy (non-hydrogen) atoms. The summed E-state index contributed by atoms with van der Waals surface area (Å²) in [6, 6.07) is 28.9. The molecule has 2 heterocycles. The lowest BCUT2D eigenvalue weighted by molar-refractivity contribution is -0.123. The minimum Gasteiger partial charge on any atom is -0.497 e. The predicted molar refractivity (Wildman–Crippen MR) is 154 cm³/mol. The van der Waals surface area contributed by atoms with Crippen molar-refractivity contribution in [2.45, 2.75) is 18.1 Å². The maximum Gasteiger partial charge on any atom is 0.259 e.